The molecule has 0 heterocycles. The van der Waals surface area contributed by atoms with Crippen molar-refractivity contribution < 1.29 is 4.74 Å². The van der Waals surface area contributed by atoms with Crippen molar-refractivity contribution in [2.24, 2.45) is 4.99 Å². The lowest BCUT2D eigenvalue weighted by molar-refractivity contribution is 0.343. The molecule has 0 unspecified atom stereocenters. The van der Waals surface area contributed by atoms with Gasteiger partial charge in [-0.1, -0.05) is 6.08 Å². The molecule has 0 aromatic carbocycles. The Morgan fingerprint density at radius 1 is 1.67 bits per heavy atom. The molecule has 0 aliphatic rings. The highest BCUT2D eigenvalue weighted by atomic mass is 35.5. The van der Waals surface area contributed by atoms with Crippen LogP contribution in [0.2, 0.25) is 0 Å². The lowest BCUT2D eigenvalue weighted by atomic mass is 10.7. The fourth-order valence-electron chi connectivity index (χ4n) is 0.245. The molecule has 0 saturated carbocycles. The van der Waals surface area contributed by atoms with Crippen molar-refractivity contribution >= 4 is 18.8 Å². The van der Waals surface area contributed by atoms with E-state index in [4.69, 9.17) is 4.74 Å². The first-order chi connectivity index (χ1) is 3.91. The fraction of sp³-hybridized carbons (Fsp3) is 0.500. The molecule has 0 aliphatic carbocycles. The van der Waals surface area contributed by atoms with Crippen LogP contribution in [0, 0.1) is 0 Å². The van der Waals surface area contributed by atoms with Crippen LogP contribution in [0.3, 0.4) is 0 Å². The molecule has 0 N–H and O–H groups in total. The van der Waals surface area contributed by atoms with Crippen LogP contribution in [-0.4, -0.2) is 19.6 Å². The lowest BCUT2D eigenvalue weighted by Crippen LogP contribution is -1.84. The van der Waals surface area contributed by atoms with E-state index < -0.39 is 0 Å². The predicted octanol–water partition coefficient (Wildman–Crippen LogP) is 1.66. The second-order valence-electron chi connectivity index (χ2n) is 1.21. The maximum atomic E-state index is 4.80. The Hall–Kier alpha value is -0.500. The van der Waals surface area contributed by atoms with E-state index in [1.807, 2.05) is 6.92 Å². The first-order valence-electron chi connectivity index (χ1n) is 2.62. The molecule has 0 atom stereocenters. The number of hydrogen-bond acceptors (Lipinski definition) is 2. The molecule has 0 amide bonds. The number of nitrogens with zero attached hydrogens (tertiary/aromatic N) is 1. The molecule has 0 aromatic heterocycles. The molecule has 0 spiro atoms. The van der Waals surface area contributed by atoms with Gasteiger partial charge in [0.1, 0.15) is 0 Å². The summed E-state index contributed by atoms with van der Waals surface area (Å²) in [6.07, 6.45) is 3.16. The fourth-order valence-corrected chi connectivity index (χ4v) is 0.245. The summed E-state index contributed by atoms with van der Waals surface area (Å²) in [4.78, 5) is 3.81. The zero-order valence-corrected chi connectivity index (χ0v) is 6.36. The van der Waals surface area contributed by atoms with E-state index in [9.17, 15) is 0 Å². The number of hydrogen-bond donors (Lipinski definition) is 0. The second-order valence-corrected chi connectivity index (χ2v) is 1.21. The maximum Gasteiger partial charge on any atom is 0.169 e. The van der Waals surface area contributed by atoms with Gasteiger partial charge in [0, 0.05) is 0 Å². The first kappa shape index (κ1) is 11.3. The van der Waals surface area contributed by atoms with Crippen LogP contribution in [0.25, 0.3) is 0 Å². The zero-order valence-electron chi connectivity index (χ0n) is 5.54. The summed E-state index contributed by atoms with van der Waals surface area (Å²) in [6.45, 7) is 6.73. The molecule has 54 valence electrons. The highest BCUT2D eigenvalue weighted by molar-refractivity contribution is 5.85. The predicted molar refractivity (Wildman–Crippen MR) is 42.4 cm³/mol. The minimum atomic E-state index is 0. The smallest absolute Gasteiger partial charge is 0.169 e. The van der Waals surface area contributed by atoms with Gasteiger partial charge in [-0.15, -0.1) is 19.0 Å². The van der Waals surface area contributed by atoms with Crippen LogP contribution in [0.15, 0.2) is 17.6 Å². The molecule has 0 aliphatic heterocycles. The Bertz CT molecular complexity index is 83.1. The monoisotopic (exact) mass is 149 g/mol. The Labute approximate surface area is 62.0 Å². The standard InChI is InChI=1S/C6H11NO.ClH/c1-3-5-7-6-8-4-2;/h3,6H,1,4-5H2,2H3;1H. The summed E-state index contributed by atoms with van der Waals surface area (Å²) in [6, 6.07) is 0. The van der Waals surface area contributed by atoms with E-state index in [0.717, 1.165) is 0 Å². The molecule has 3 heteroatoms. The van der Waals surface area contributed by atoms with Crippen molar-refractivity contribution in [1.29, 1.82) is 0 Å². The topological polar surface area (TPSA) is 21.6 Å². The number of aliphatic imine (C=N–C) groups is 1. The number of halogens is 1. The van der Waals surface area contributed by atoms with Gasteiger partial charge >= 0.3 is 0 Å². The average Bonchev–Trinajstić information content (AvgIpc) is 1.81. The minimum absolute atomic E-state index is 0. The molecule has 2 nitrogen and oxygen atoms in total. The Morgan fingerprint density at radius 2 is 2.33 bits per heavy atom. The molecule has 0 radical (unpaired) electrons. The summed E-state index contributed by atoms with van der Waals surface area (Å²) >= 11 is 0. The van der Waals surface area contributed by atoms with Crippen molar-refractivity contribution in [3.63, 3.8) is 0 Å². The Kier molecular flexibility index (Phi) is 13.2. The lowest BCUT2D eigenvalue weighted by Gasteiger charge is -1.88. The normalized spacial score (nSPS) is 8.56. The Balaban J connectivity index is 0. The van der Waals surface area contributed by atoms with Crippen LogP contribution in [0.4, 0.5) is 0 Å². The summed E-state index contributed by atoms with van der Waals surface area (Å²) in [5.74, 6) is 0. The van der Waals surface area contributed by atoms with E-state index in [2.05, 4.69) is 11.6 Å². The van der Waals surface area contributed by atoms with E-state index in [1.54, 1.807) is 6.08 Å². The van der Waals surface area contributed by atoms with Gasteiger partial charge in [0.15, 0.2) is 6.40 Å². The van der Waals surface area contributed by atoms with Crippen molar-refractivity contribution in [3.8, 4) is 0 Å². The quantitative estimate of drug-likeness (QED) is 0.339. The van der Waals surface area contributed by atoms with Crippen LogP contribution in [-0.2, 0) is 4.74 Å². The third kappa shape index (κ3) is 11.2. The summed E-state index contributed by atoms with van der Waals surface area (Å²) in [7, 11) is 0. The van der Waals surface area contributed by atoms with E-state index >= 15 is 0 Å². The molecule has 0 aromatic rings. The van der Waals surface area contributed by atoms with Gasteiger partial charge in [-0.05, 0) is 6.92 Å². The largest absolute Gasteiger partial charge is 0.484 e. The third-order valence-corrected chi connectivity index (χ3v) is 0.550. The zero-order chi connectivity index (χ0) is 6.24. The molecule has 0 rings (SSSR count). The van der Waals surface area contributed by atoms with Gasteiger partial charge in [0.05, 0.1) is 13.2 Å². The van der Waals surface area contributed by atoms with Crippen molar-refractivity contribution in [3.05, 3.63) is 12.7 Å². The average molecular weight is 150 g/mol. The van der Waals surface area contributed by atoms with Crippen LogP contribution >= 0.6 is 12.4 Å². The summed E-state index contributed by atoms with van der Waals surface area (Å²) < 4.78 is 4.80. The van der Waals surface area contributed by atoms with E-state index in [1.165, 1.54) is 6.40 Å². The minimum Gasteiger partial charge on any atom is -0.484 e. The van der Waals surface area contributed by atoms with Gasteiger partial charge < -0.3 is 4.74 Å². The van der Waals surface area contributed by atoms with Crippen molar-refractivity contribution in [2.45, 2.75) is 6.92 Å². The second kappa shape index (κ2) is 10.5. The summed E-state index contributed by atoms with van der Waals surface area (Å²) in [5.41, 5.74) is 0. The molecular weight excluding hydrogens is 138 g/mol. The third-order valence-electron chi connectivity index (χ3n) is 0.550. The number of ether oxygens (including phenoxy) is 1. The van der Waals surface area contributed by atoms with Gasteiger partial charge in [0.2, 0.25) is 0 Å². The summed E-state index contributed by atoms with van der Waals surface area (Å²) in [5, 5.41) is 0. The molecule has 9 heavy (non-hydrogen) atoms. The van der Waals surface area contributed by atoms with Crippen molar-refractivity contribution in [1.82, 2.24) is 0 Å². The van der Waals surface area contributed by atoms with Gasteiger partial charge in [0.25, 0.3) is 0 Å². The highest BCUT2D eigenvalue weighted by Crippen LogP contribution is 1.69. The maximum absolute atomic E-state index is 4.80. The molecule has 0 saturated heterocycles. The van der Waals surface area contributed by atoms with Gasteiger partial charge in [-0.2, -0.15) is 0 Å². The highest BCUT2D eigenvalue weighted by Gasteiger charge is 1.67. The Morgan fingerprint density at radius 3 is 2.78 bits per heavy atom. The van der Waals surface area contributed by atoms with Crippen LogP contribution < -0.4 is 0 Å². The van der Waals surface area contributed by atoms with Gasteiger partial charge in [-0.3, -0.25) is 4.99 Å². The van der Waals surface area contributed by atoms with Crippen molar-refractivity contribution in [2.75, 3.05) is 13.2 Å². The number of rotatable bonds is 4. The SMILES string of the molecule is C=CCN=COCC.Cl. The first-order valence-corrected chi connectivity index (χ1v) is 2.62. The van der Waals surface area contributed by atoms with Crippen LogP contribution in [0.1, 0.15) is 6.92 Å². The van der Waals surface area contributed by atoms with E-state index in [-0.39, 0.29) is 12.4 Å². The molecule has 0 bridgehead atoms. The van der Waals surface area contributed by atoms with E-state index in [0.29, 0.717) is 13.2 Å². The molecular formula is C6H12ClNO. The van der Waals surface area contributed by atoms with Crippen LogP contribution in [0.5, 0.6) is 0 Å². The molecule has 0 fully saturated rings. The van der Waals surface area contributed by atoms with Gasteiger partial charge in [-0.25, -0.2) is 0 Å².